The average molecular weight is 327 g/mol. The smallest absolute Gasteiger partial charge is 0.178 e. The first-order chi connectivity index (χ1) is 10.7. The lowest BCUT2D eigenvalue weighted by atomic mass is 9.68. The topological polar surface area (TPSA) is 59.0 Å². The van der Waals surface area contributed by atoms with Crippen LogP contribution in [0.1, 0.15) is 53.9 Å². The maximum Gasteiger partial charge on any atom is 0.178 e. The molecule has 23 heavy (non-hydrogen) atoms. The van der Waals surface area contributed by atoms with Gasteiger partial charge in [0.15, 0.2) is 5.79 Å². The minimum atomic E-state index is -0.908. The van der Waals surface area contributed by atoms with Crippen LogP contribution in [0.2, 0.25) is 0 Å². The van der Waals surface area contributed by atoms with Crippen molar-refractivity contribution < 1.29 is 19.4 Å². The number of Topliss-reactive ketones (excluding diaryl/α,β-unsaturated/α-hetero) is 1. The highest BCUT2D eigenvalue weighted by molar-refractivity contribution is 5.84. The molecule has 1 saturated heterocycles. The summed E-state index contributed by atoms with van der Waals surface area (Å²) >= 11 is 0. The Kier molecular flexibility index (Phi) is 5.88. The quantitative estimate of drug-likeness (QED) is 0.839. The molecule has 0 aromatic rings. The van der Waals surface area contributed by atoms with Gasteiger partial charge < -0.3 is 19.5 Å². The van der Waals surface area contributed by atoms with Gasteiger partial charge in [-0.1, -0.05) is 34.6 Å². The first-order valence-electron chi connectivity index (χ1n) is 8.95. The molecule has 2 fully saturated rings. The summed E-state index contributed by atoms with van der Waals surface area (Å²) in [6.07, 6.45) is 1.02. The highest BCUT2D eigenvalue weighted by Gasteiger charge is 2.53. The van der Waals surface area contributed by atoms with Crippen molar-refractivity contribution in [3.8, 4) is 0 Å². The summed E-state index contributed by atoms with van der Waals surface area (Å²) < 4.78 is 12.0. The number of aliphatic hydroxyl groups is 1. The van der Waals surface area contributed by atoms with Crippen LogP contribution >= 0.6 is 0 Å². The lowest BCUT2D eigenvalue weighted by molar-refractivity contribution is -0.216. The summed E-state index contributed by atoms with van der Waals surface area (Å²) in [5.41, 5.74) is -0.240. The molecule has 0 amide bonds. The molecule has 4 unspecified atom stereocenters. The standard InChI is InChI=1S/C18H33NO4/c1-6-8-19(7-2)11-13-12-22-18(23-13)9-14(20)16(15(21)10-18)17(3,4)5/h13-14,16,20H,6-12H2,1-5H3. The summed E-state index contributed by atoms with van der Waals surface area (Å²) in [6.45, 7) is 13.6. The van der Waals surface area contributed by atoms with Crippen LogP contribution in [-0.2, 0) is 14.3 Å². The van der Waals surface area contributed by atoms with E-state index in [2.05, 4.69) is 18.7 Å². The number of carbonyl (C=O) groups is 1. The van der Waals surface area contributed by atoms with Crippen molar-refractivity contribution in [1.82, 2.24) is 4.90 Å². The van der Waals surface area contributed by atoms with Gasteiger partial charge in [0.1, 0.15) is 5.78 Å². The van der Waals surface area contributed by atoms with Gasteiger partial charge in [-0.2, -0.15) is 0 Å². The first-order valence-corrected chi connectivity index (χ1v) is 8.95. The molecule has 0 radical (unpaired) electrons. The van der Waals surface area contributed by atoms with Crippen LogP contribution in [0.5, 0.6) is 0 Å². The second kappa shape index (κ2) is 7.18. The van der Waals surface area contributed by atoms with E-state index in [1.54, 1.807) is 0 Å². The predicted molar refractivity (Wildman–Crippen MR) is 89.2 cm³/mol. The average Bonchev–Trinajstić information content (AvgIpc) is 2.77. The van der Waals surface area contributed by atoms with Gasteiger partial charge in [0.2, 0.25) is 0 Å². The van der Waals surface area contributed by atoms with Gasteiger partial charge in [-0.05, 0) is 24.9 Å². The zero-order valence-corrected chi connectivity index (χ0v) is 15.3. The molecule has 1 aliphatic heterocycles. The molecule has 1 saturated carbocycles. The summed E-state index contributed by atoms with van der Waals surface area (Å²) in [5.74, 6) is -1.20. The van der Waals surface area contributed by atoms with E-state index in [0.717, 1.165) is 26.1 Å². The van der Waals surface area contributed by atoms with Crippen LogP contribution < -0.4 is 0 Å². The minimum absolute atomic E-state index is 0.0207. The van der Waals surface area contributed by atoms with Crippen LogP contribution in [0.25, 0.3) is 0 Å². The zero-order chi connectivity index (χ0) is 17.3. The Labute approximate surface area is 140 Å². The lowest BCUT2D eigenvalue weighted by Crippen LogP contribution is -2.52. The maximum absolute atomic E-state index is 12.6. The van der Waals surface area contributed by atoms with Crippen LogP contribution in [0.4, 0.5) is 0 Å². The third kappa shape index (κ3) is 4.32. The van der Waals surface area contributed by atoms with E-state index in [-0.39, 0.29) is 29.6 Å². The van der Waals surface area contributed by atoms with Crippen LogP contribution in [-0.4, -0.2) is 60.0 Å². The largest absolute Gasteiger partial charge is 0.392 e. The Morgan fingerprint density at radius 1 is 1.35 bits per heavy atom. The maximum atomic E-state index is 12.6. The summed E-state index contributed by atoms with van der Waals surface area (Å²) in [4.78, 5) is 14.9. The number of ketones is 1. The fourth-order valence-electron chi connectivity index (χ4n) is 4.05. The molecule has 1 N–H and O–H groups in total. The van der Waals surface area contributed by atoms with Gasteiger partial charge in [0.05, 0.1) is 25.2 Å². The van der Waals surface area contributed by atoms with Gasteiger partial charge in [-0.3, -0.25) is 4.79 Å². The van der Waals surface area contributed by atoms with Crippen molar-refractivity contribution >= 4 is 5.78 Å². The molecule has 0 bridgehead atoms. The molecule has 134 valence electrons. The monoisotopic (exact) mass is 327 g/mol. The van der Waals surface area contributed by atoms with Crippen molar-refractivity contribution in [3.05, 3.63) is 0 Å². The molecule has 2 rings (SSSR count). The Balaban J connectivity index is 1.99. The van der Waals surface area contributed by atoms with E-state index in [1.165, 1.54) is 0 Å². The van der Waals surface area contributed by atoms with Crippen LogP contribution in [0, 0.1) is 11.3 Å². The second-order valence-corrected chi connectivity index (χ2v) is 8.11. The van der Waals surface area contributed by atoms with Gasteiger partial charge in [-0.15, -0.1) is 0 Å². The number of aliphatic hydroxyl groups excluding tert-OH is 1. The Morgan fingerprint density at radius 3 is 2.57 bits per heavy atom. The summed E-state index contributed by atoms with van der Waals surface area (Å²) in [7, 11) is 0. The Bertz CT molecular complexity index is 420. The number of carbonyl (C=O) groups excluding carboxylic acids is 1. The predicted octanol–water partition coefficient (Wildman–Crippen LogP) is 2.22. The molecule has 1 heterocycles. The van der Waals surface area contributed by atoms with Gasteiger partial charge in [0.25, 0.3) is 0 Å². The van der Waals surface area contributed by atoms with E-state index in [0.29, 0.717) is 13.0 Å². The molecular weight excluding hydrogens is 294 g/mol. The number of hydrogen-bond acceptors (Lipinski definition) is 5. The summed E-state index contributed by atoms with van der Waals surface area (Å²) in [6, 6.07) is 0. The molecule has 5 nitrogen and oxygen atoms in total. The van der Waals surface area contributed by atoms with Crippen LogP contribution in [0.3, 0.4) is 0 Å². The molecule has 2 aliphatic rings. The molecule has 0 aromatic carbocycles. The Hall–Kier alpha value is -0.490. The van der Waals surface area contributed by atoms with Gasteiger partial charge >= 0.3 is 0 Å². The fraction of sp³-hybridized carbons (Fsp3) is 0.944. The van der Waals surface area contributed by atoms with Crippen molar-refractivity contribution in [2.75, 3.05) is 26.2 Å². The number of nitrogens with zero attached hydrogens (tertiary/aromatic N) is 1. The van der Waals surface area contributed by atoms with E-state index >= 15 is 0 Å². The van der Waals surface area contributed by atoms with Gasteiger partial charge in [0, 0.05) is 18.9 Å². The third-order valence-electron chi connectivity index (χ3n) is 4.99. The van der Waals surface area contributed by atoms with E-state index < -0.39 is 11.9 Å². The van der Waals surface area contributed by atoms with Crippen LogP contribution in [0.15, 0.2) is 0 Å². The van der Waals surface area contributed by atoms with E-state index in [9.17, 15) is 9.90 Å². The van der Waals surface area contributed by atoms with E-state index in [4.69, 9.17) is 9.47 Å². The normalized spacial score (nSPS) is 35.4. The second-order valence-electron chi connectivity index (χ2n) is 8.11. The Morgan fingerprint density at radius 2 is 2.04 bits per heavy atom. The lowest BCUT2D eigenvalue weighted by Gasteiger charge is -2.43. The molecule has 1 spiro atoms. The molecule has 0 aromatic heterocycles. The van der Waals surface area contributed by atoms with Crippen molar-refractivity contribution in [3.63, 3.8) is 0 Å². The SMILES string of the molecule is CCCN(CC)CC1COC2(CC(=O)C(C(C)(C)C)C(O)C2)O1. The first kappa shape index (κ1) is 18.8. The van der Waals surface area contributed by atoms with E-state index in [1.807, 2.05) is 20.8 Å². The number of ether oxygens (including phenoxy) is 2. The number of likely N-dealkylation sites (N-methyl/N-ethyl adjacent to an activating group) is 1. The van der Waals surface area contributed by atoms with Gasteiger partial charge in [-0.25, -0.2) is 0 Å². The number of rotatable bonds is 5. The van der Waals surface area contributed by atoms with Crippen molar-refractivity contribution in [2.45, 2.75) is 71.9 Å². The molecule has 5 heteroatoms. The van der Waals surface area contributed by atoms with Crippen molar-refractivity contribution in [2.24, 2.45) is 11.3 Å². The highest BCUT2D eigenvalue weighted by Crippen LogP contribution is 2.44. The number of hydrogen-bond donors (Lipinski definition) is 1. The molecule has 1 aliphatic carbocycles. The summed E-state index contributed by atoms with van der Waals surface area (Å²) in [5, 5.41) is 10.5. The highest BCUT2D eigenvalue weighted by atomic mass is 16.7. The van der Waals surface area contributed by atoms with Crippen molar-refractivity contribution in [1.29, 1.82) is 0 Å². The fourth-order valence-corrected chi connectivity index (χ4v) is 4.05. The molecule has 4 atom stereocenters. The zero-order valence-electron chi connectivity index (χ0n) is 15.3. The minimum Gasteiger partial charge on any atom is -0.392 e. The third-order valence-corrected chi connectivity index (χ3v) is 4.99. The molecular formula is C18H33NO4.